The van der Waals surface area contributed by atoms with E-state index in [0.717, 1.165) is 0 Å². The molecule has 0 aliphatic heterocycles. The molecule has 0 saturated heterocycles. The standard InChI is InChI=1S/C9H11O4P/c1-2-4-7-8(10)5-3-6-9(7)13-14(11)12/h2-3,5-6,10-12H,1,4H2. The van der Waals surface area contributed by atoms with E-state index < -0.39 is 8.60 Å². The molecule has 4 nitrogen and oxygen atoms in total. The van der Waals surface area contributed by atoms with Crippen molar-refractivity contribution < 1.29 is 19.4 Å². The van der Waals surface area contributed by atoms with Crippen molar-refractivity contribution in [1.82, 2.24) is 0 Å². The van der Waals surface area contributed by atoms with Crippen molar-refractivity contribution in [1.29, 1.82) is 0 Å². The van der Waals surface area contributed by atoms with Crippen molar-refractivity contribution in [2.45, 2.75) is 6.42 Å². The van der Waals surface area contributed by atoms with E-state index in [9.17, 15) is 5.11 Å². The Morgan fingerprint density at radius 3 is 2.71 bits per heavy atom. The van der Waals surface area contributed by atoms with Crippen LogP contribution in [0.5, 0.6) is 11.5 Å². The lowest BCUT2D eigenvalue weighted by Gasteiger charge is -2.10. The quantitative estimate of drug-likeness (QED) is 0.527. The van der Waals surface area contributed by atoms with Crippen LogP contribution in [0.25, 0.3) is 0 Å². The summed E-state index contributed by atoms with van der Waals surface area (Å²) in [6, 6.07) is 4.62. The average Bonchev–Trinajstić information content (AvgIpc) is 2.10. The molecule has 0 saturated carbocycles. The van der Waals surface area contributed by atoms with Gasteiger partial charge in [0, 0.05) is 5.56 Å². The van der Waals surface area contributed by atoms with Gasteiger partial charge in [-0.2, -0.15) is 0 Å². The zero-order valence-corrected chi connectivity index (χ0v) is 8.32. The molecule has 1 aromatic rings. The minimum absolute atomic E-state index is 0.0549. The lowest BCUT2D eigenvalue weighted by Crippen LogP contribution is -1.91. The van der Waals surface area contributed by atoms with Gasteiger partial charge in [0.1, 0.15) is 11.5 Å². The molecule has 0 aliphatic rings. The number of phenolic OH excluding ortho intramolecular Hbond substituents is 1. The molecule has 1 rings (SSSR count). The summed E-state index contributed by atoms with van der Waals surface area (Å²) in [6.45, 7) is 3.53. The molecular weight excluding hydrogens is 203 g/mol. The number of aromatic hydroxyl groups is 1. The van der Waals surface area contributed by atoms with E-state index in [-0.39, 0.29) is 11.5 Å². The lowest BCUT2D eigenvalue weighted by atomic mass is 10.1. The Hall–Kier alpha value is -1.09. The summed E-state index contributed by atoms with van der Waals surface area (Å²) < 4.78 is 4.75. The highest BCUT2D eigenvalue weighted by Gasteiger charge is 2.10. The molecule has 0 heterocycles. The molecule has 0 spiro atoms. The number of hydrogen-bond acceptors (Lipinski definition) is 4. The minimum Gasteiger partial charge on any atom is -0.508 e. The second-order valence-electron chi connectivity index (χ2n) is 2.59. The number of benzene rings is 1. The Balaban J connectivity index is 3.00. The molecule has 0 bridgehead atoms. The molecular formula is C9H11O4P. The average molecular weight is 214 g/mol. The van der Waals surface area contributed by atoms with Gasteiger partial charge in [0.05, 0.1) is 0 Å². The van der Waals surface area contributed by atoms with Crippen LogP contribution < -0.4 is 4.52 Å². The first-order chi connectivity index (χ1) is 6.65. The van der Waals surface area contributed by atoms with Gasteiger partial charge in [-0.15, -0.1) is 6.58 Å². The van der Waals surface area contributed by atoms with Crippen molar-refractivity contribution in [3.8, 4) is 11.5 Å². The summed E-state index contributed by atoms with van der Waals surface area (Å²) in [5.41, 5.74) is 0.498. The molecule has 0 radical (unpaired) electrons. The Labute approximate surface area is 83.1 Å². The van der Waals surface area contributed by atoms with E-state index in [1.807, 2.05) is 0 Å². The molecule has 0 amide bonds. The summed E-state index contributed by atoms with van der Waals surface area (Å²) >= 11 is 0. The van der Waals surface area contributed by atoms with Gasteiger partial charge in [-0.05, 0) is 18.6 Å². The first-order valence-electron chi connectivity index (χ1n) is 3.92. The maximum absolute atomic E-state index is 9.45. The van der Waals surface area contributed by atoms with Crippen LogP contribution in [0, 0.1) is 0 Å². The predicted molar refractivity (Wildman–Crippen MR) is 54.0 cm³/mol. The van der Waals surface area contributed by atoms with E-state index in [1.54, 1.807) is 18.2 Å². The van der Waals surface area contributed by atoms with Crippen molar-refractivity contribution in [2.24, 2.45) is 0 Å². The summed E-state index contributed by atoms with van der Waals surface area (Å²) in [5.74, 6) is 0.320. The van der Waals surface area contributed by atoms with Crippen molar-refractivity contribution in [2.75, 3.05) is 0 Å². The van der Waals surface area contributed by atoms with Crippen molar-refractivity contribution in [3.05, 3.63) is 36.4 Å². The number of hydrogen-bond donors (Lipinski definition) is 3. The summed E-state index contributed by atoms with van der Waals surface area (Å²) in [5, 5.41) is 9.45. The van der Waals surface area contributed by atoms with Gasteiger partial charge < -0.3 is 19.4 Å². The Morgan fingerprint density at radius 2 is 2.14 bits per heavy atom. The molecule has 5 heteroatoms. The van der Waals surface area contributed by atoms with Crippen LogP contribution in [0.3, 0.4) is 0 Å². The van der Waals surface area contributed by atoms with Gasteiger partial charge in [-0.3, -0.25) is 0 Å². The maximum Gasteiger partial charge on any atom is 0.391 e. The fourth-order valence-corrected chi connectivity index (χ4v) is 1.42. The van der Waals surface area contributed by atoms with Gasteiger partial charge in [0.2, 0.25) is 0 Å². The molecule has 1 aromatic carbocycles. The zero-order valence-electron chi connectivity index (χ0n) is 7.42. The molecule has 0 aliphatic carbocycles. The molecule has 0 atom stereocenters. The molecule has 0 unspecified atom stereocenters. The Kier molecular flexibility index (Phi) is 3.89. The Morgan fingerprint density at radius 1 is 1.43 bits per heavy atom. The minimum atomic E-state index is -2.46. The molecule has 0 fully saturated rings. The summed E-state index contributed by atoms with van der Waals surface area (Å²) in [7, 11) is -2.46. The van der Waals surface area contributed by atoms with Crippen LogP contribution in [-0.4, -0.2) is 14.9 Å². The van der Waals surface area contributed by atoms with Crippen LogP contribution >= 0.6 is 8.60 Å². The summed E-state index contributed by atoms with van der Waals surface area (Å²) in [6.07, 6.45) is 2.00. The SMILES string of the molecule is C=CCc1c(O)cccc1OP(O)O. The lowest BCUT2D eigenvalue weighted by molar-refractivity contribution is 0.371. The third kappa shape index (κ3) is 2.70. The highest BCUT2D eigenvalue weighted by Crippen LogP contribution is 2.35. The van der Waals surface area contributed by atoms with Gasteiger partial charge in [0.25, 0.3) is 0 Å². The topological polar surface area (TPSA) is 69.9 Å². The molecule has 3 N–H and O–H groups in total. The maximum atomic E-state index is 9.45. The number of rotatable bonds is 4. The van der Waals surface area contributed by atoms with E-state index in [0.29, 0.717) is 12.0 Å². The van der Waals surface area contributed by atoms with E-state index in [4.69, 9.17) is 14.3 Å². The summed E-state index contributed by atoms with van der Waals surface area (Å²) in [4.78, 5) is 17.4. The second-order valence-corrected chi connectivity index (χ2v) is 3.28. The monoisotopic (exact) mass is 214 g/mol. The van der Waals surface area contributed by atoms with Crippen LogP contribution in [0.4, 0.5) is 0 Å². The van der Waals surface area contributed by atoms with Crippen LogP contribution in [0.2, 0.25) is 0 Å². The first-order valence-corrected chi connectivity index (χ1v) is 5.09. The fraction of sp³-hybridized carbons (Fsp3) is 0.111. The largest absolute Gasteiger partial charge is 0.508 e. The van der Waals surface area contributed by atoms with Crippen molar-refractivity contribution in [3.63, 3.8) is 0 Å². The van der Waals surface area contributed by atoms with Gasteiger partial charge in [0.15, 0.2) is 0 Å². The van der Waals surface area contributed by atoms with Crippen molar-refractivity contribution >= 4 is 8.60 Å². The second kappa shape index (κ2) is 4.96. The van der Waals surface area contributed by atoms with E-state index in [1.165, 1.54) is 6.07 Å². The predicted octanol–water partition coefficient (Wildman–Crippen LogP) is 1.71. The molecule has 0 aromatic heterocycles. The number of phenols is 1. The molecule has 76 valence electrons. The normalized spacial score (nSPS) is 10.2. The third-order valence-electron chi connectivity index (χ3n) is 1.64. The van der Waals surface area contributed by atoms with E-state index in [2.05, 4.69) is 6.58 Å². The highest BCUT2D eigenvalue weighted by molar-refractivity contribution is 7.39. The Bertz CT molecular complexity index is 325. The first kappa shape index (κ1) is 11.0. The van der Waals surface area contributed by atoms with Gasteiger partial charge in [-0.1, -0.05) is 12.1 Å². The van der Waals surface area contributed by atoms with Gasteiger partial charge in [-0.25, -0.2) is 0 Å². The van der Waals surface area contributed by atoms with Crippen LogP contribution in [0.15, 0.2) is 30.9 Å². The third-order valence-corrected chi connectivity index (χ3v) is 2.00. The van der Waals surface area contributed by atoms with E-state index >= 15 is 0 Å². The van der Waals surface area contributed by atoms with Gasteiger partial charge >= 0.3 is 8.60 Å². The fourth-order valence-electron chi connectivity index (χ4n) is 1.08. The molecule has 14 heavy (non-hydrogen) atoms. The van der Waals surface area contributed by atoms with Crippen LogP contribution in [0.1, 0.15) is 5.56 Å². The highest BCUT2D eigenvalue weighted by atomic mass is 31.2. The number of allylic oxidation sites excluding steroid dienone is 1. The zero-order chi connectivity index (χ0) is 10.6. The van der Waals surface area contributed by atoms with Crippen LogP contribution in [-0.2, 0) is 6.42 Å². The smallest absolute Gasteiger partial charge is 0.391 e.